The van der Waals surface area contributed by atoms with Gasteiger partial charge in [-0.1, -0.05) is 0 Å². The number of esters is 2. The molecule has 0 spiro atoms. The molecule has 0 N–H and O–H groups in total. The summed E-state index contributed by atoms with van der Waals surface area (Å²) in [5, 5.41) is 0. The minimum atomic E-state index is -1.18. The van der Waals surface area contributed by atoms with Gasteiger partial charge in [-0.3, -0.25) is 19.2 Å². The van der Waals surface area contributed by atoms with Crippen LogP contribution >= 0.6 is 23.2 Å². The zero-order valence-corrected chi connectivity index (χ0v) is 19.2. The third-order valence-electron chi connectivity index (χ3n) is 4.57. The van der Waals surface area contributed by atoms with Crippen LogP contribution < -0.4 is 9.47 Å². The molecule has 0 atom stereocenters. The molecule has 0 aliphatic rings. The predicted octanol–water partition coefficient (Wildman–Crippen LogP) is 5.24. The Balaban J connectivity index is 1.90. The van der Waals surface area contributed by atoms with E-state index in [4.69, 9.17) is 32.7 Å². The highest BCUT2D eigenvalue weighted by Crippen LogP contribution is 2.18. The molecule has 2 aromatic rings. The molecule has 2 rings (SSSR count). The summed E-state index contributed by atoms with van der Waals surface area (Å²) in [5.41, 5.74) is 0.985. The second kappa shape index (κ2) is 13.0. The van der Waals surface area contributed by atoms with Crippen LogP contribution in [-0.2, 0) is 9.59 Å². The number of Topliss-reactive ketones (excluding diaryl/α,β-unsaturated/α-hetero) is 2. The monoisotopic (exact) mass is 478 g/mol. The minimum Gasteiger partial charge on any atom is -0.426 e. The normalized spacial score (nSPS) is 10.6. The van der Waals surface area contributed by atoms with Crippen molar-refractivity contribution in [3.05, 3.63) is 59.7 Å². The smallest absolute Gasteiger partial charge is 0.325 e. The highest BCUT2D eigenvalue weighted by Gasteiger charge is 2.26. The molecule has 0 aliphatic heterocycles. The van der Waals surface area contributed by atoms with Gasteiger partial charge in [0.2, 0.25) is 0 Å². The Bertz CT molecular complexity index is 860. The first kappa shape index (κ1) is 25.6. The van der Waals surface area contributed by atoms with Crippen molar-refractivity contribution in [3.8, 4) is 11.5 Å². The summed E-state index contributed by atoms with van der Waals surface area (Å²) in [7, 11) is 0. The summed E-state index contributed by atoms with van der Waals surface area (Å²) in [6, 6.07) is 12.2. The Morgan fingerprint density at radius 3 is 1.34 bits per heavy atom. The van der Waals surface area contributed by atoms with Crippen molar-refractivity contribution in [2.75, 3.05) is 11.8 Å². The fourth-order valence-electron chi connectivity index (χ4n) is 2.67. The number of benzene rings is 2. The van der Waals surface area contributed by atoms with Crippen molar-refractivity contribution < 1.29 is 28.7 Å². The van der Waals surface area contributed by atoms with E-state index in [1.165, 1.54) is 31.2 Å². The average molecular weight is 479 g/mol. The highest BCUT2D eigenvalue weighted by atomic mass is 35.5. The third-order valence-corrected chi connectivity index (χ3v) is 5.11. The van der Waals surface area contributed by atoms with Crippen molar-refractivity contribution in [3.63, 3.8) is 0 Å². The number of ketones is 2. The predicted molar refractivity (Wildman–Crippen MR) is 122 cm³/mol. The second-order valence-corrected chi connectivity index (χ2v) is 7.80. The number of carbonyl (C=O) groups excluding carboxylic acids is 4. The van der Waals surface area contributed by atoms with E-state index in [2.05, 4.69) is 0 Å². The van der Waals surface area contributed by atoms with Gasteiger partial charge in [0, 0.05) is 35.7 Å². The van der Waals surface area contributed by atoms with Gasteiger partial charge in [-0.2, -0.15) is 0 Å². The van der Waals surface area contributed by atoms with Gasteiger partial charge >= 0.3 is 11.9 Å². The summed E-state index contributed by atoms with van der Waals surface area (Å²) < 4.78 is 10.4. The van der Waals surface area contributed by atoms with Gasteiger partial charge in [-0.15, -0.1) is 23.2 Å². The Morgan fingerprint density at radius 1 is 0.688 bits per heavy atom. The van der Waals surface area contributed by atoms with Crippen LogP contribution in [0.25, 0.3) is 0 Å². The van der Waals surface area contributed by atoms with Gasteiger partial charge in [-0.05, 0) is 68.3 Å². The zero-order chi connectivity index (χ0) is 23.5. The Kier molecular flexibility index (Phi) is 10.4. The first-order valence-electron chi connectivity index (χ1n) is 10.2. The number of hydrogen-bond acceptors (Lipinski definition) is 6. The second-order valence-electron chi connectivity index (χ2n) is 7.04. The van der Waals surface area contributed by atoms with Crippen molar-refractivity contribution in [2.45, 2.75) is 32.6 Å². The molecule has 8 heteroatoms. The highest BCUT2D eigenvalue weighted by molar-refractivity contribution is 6.18. The Morgan fingerprint density at radius 2 is 1.03 bits per heavy atom. The van der Waals surface area contributed by atoms with Crippen LogP contribution in [0.1, 0.15) is 53.3 Å². The maximum absolute atomic E-state index is 12.3. The lowest BCUT2D eigenvalue weighted by molar-refractivity contribution is -0.150. The van der Waals surface area contributed by atoms with E-state index >= 15 is 0 Å². The molecule has 0 saturated carbocycles. The SMILES string of the molecule is CC(C(=O)Oc1ccc(C(=O)CCCCl)cc1)C(=O)Oc1ccc(C(=O)CCCCl)cc1. The first-order chi connectivity index (χ1) is 15.3. The number of carbonyl (C=O) groups is 4. The summed E-state index contributed by atoms with van der Waals surface area (Å²) >= 11 is 11.2. The molecule has 0 aromatic heterocycles. The lowest BCUT2D eigenvalue weighted by Gasteiger charge is -2.11. The van der Waals surface area contributed by atoms with E-state index in [1.807, 2.05) is 0 Å². The van der Waals surface area contributed by atoms with Crippen molar-refractivity contribution in [1.82, 2.24) is 0 Å². The standard InChI is InChI=1S/C24H24Cl2O6/c1-16(23(29)31-19-10-6-17(7-11-19)21(27)4-2-14-25)24(30)32-20-12-8-18(9-13-20)22(28)5-3-15-26/h6-13,16H,2-5,14-15H2,1H3. The van der Waals surface area contributed by atoms with Gasteiger partial charge in [0.05, 0.1) is 0 Å². The van der Waals surface area contributed by atoms with E-state index in [-0.39, 0.29) is 23.1 Å². The molecular weight excluding hydrogens is 455 g/mol. The lowest BCUT2D eigenvalue weighted by Crippen LogP contribution is -2.29. The number of hydrogen-bond donors (Lipinski definition) is 0. The number of halogens is 2. The minimum absolute atomic E-state index is 0.0489. The van der Waals surface area contributed by atoms with Gasteiger partial charge in [-0.25, -0.2) is 0 Å². The summed E-state index contributed by atoms with van der Waals surface area (Å²) in [5.74, 6) is -1.61. The topological polar surface area (TPSA) is 86.7 Å². The van der Waals surface area contributed by atoms with Crippen LogP contribution in [0.5, 0.6) is 11.5 Å². The van der Waals surface area contributed by atoms with Gasteiger partial charge < -0.3 is 9.47 Å². The molecule has 0 heterocycles. The third kappa shape index (κ3) is 7.77. The van der Waals surface area contributed by atoms with E-state index in [0.29, 0.717) is 48.6 Å². The van der Waals surface area contributed by atoms with Gasteiger partial charge in [0.25, 0.3) is 0 Å². The molecule has 6 nitrogen and oxygen atoms in total. The zero-order valence-electron chi connectivity index (χ0n) is 17.6. The largest absolute Gasteiger partial charge is 0.426 e. The van der Waals surface area contributed by atoms with Crippen LogP contribution in [0.15, 0.2) is 48.5 Å². The molecule has 0 aliphatic carbocycles. The summed E-state index contributed by atoms with van der Waals surface area (Å²) in [6.45, 7) is 1.37. The van der Waals surface area contributed by atoms with Crippen LogP contribution in [-0.4, -0.2) is 35.3 Å². The first-order valence-corrected chi connectivity index (χ1v) is 11.2. The van der Waals surface area contributed by atoms with Crippen LogP contribution in [0.2, 0.25) is 0 Å². The molecule has 170 valence electrons. The van der Waals surface area contributed by atoms with Gasteiger partial charge in [0.15, 0.2) is 17.5 Å². The molecule has 0 fully saturated rings. The Hall–Kier alpha value is -2.70. The van der Waals surface area contributed by atoms with E-state index < -0.39 is 17.9 Å². The number of alkyl halides is 2. The molecular formula is C24H24Cl2O6. The molecule has 0 saturated heterocycles. The maximum atomic E-state index is 12.3. The van der Waals surface area contributed by atoms with Crippen LogP contribution in [0.3, 0.4) is 0 Å². The maximum Gasteiger partial charge on any atom is 0.325 e. The van der Waals surface area contributed by atoms with Gasteiger partial charge in [0.1, 0.15) is 11.5 Å². The fourth-order valence-corrected chi connectivity index (χ4v) is 2.93. The molecule has 0 radical (unpaired) electrons. The van der Waals surface area contributed by atoms with Crippen molar-refractivity contribution in [2.24, 2.45) is 5.92 Å². The average Bonchev–Trinajstić information content (AvgIpc) is 2.81. The van der Waals surface area contributed by atoms with Crippen molar-refractivity contribution >= 4 is 46.7 Å². The number of ether oxygens (including phenoxy) is 2. The molecule has 0 bridgehead atoms. The summed E-state index contributed by atoms with van der Waals surface area (Å²) in [6.07, 6.45) is 1.86. The Labute approximate surface area is 196 Å². The fraction of sp³-hybridized carbons (Fsp3) is 0.333. The van der Waals surface area contributed by atoms with E-state index in [0.717, 1.165) is 0 Å². The quantitative estimate of drug-likeness (QED) is 0.136. The molecule has 2 aromatic carbocycles. The molecule has 32 heavy (non-hydrogen) atoms. The molecule has 0 unspecified atom stereocenters. The summed E-state index contributed by atoms with van der Waals surface area (Å²) in [4.78, 5) is 48.5. The lowest BCUT2D eigenvalue weighted by atomic mass is 10.1. The van der Waals surface area contributed by atoms with Crippen LogP contribution in [0, 0.1) is 5.92 Å². The van der Waals surface area contributed by atoms with Crippen molar-refractivity contribution in [1.29, 1.82) is 0 Å². The van der Waals surface area contributed by atoms with E-state index in [9.17, 15) is 19.2 Å². The van der Waals surface area contributed by atoms with E-state index in [1.54, 1.807) is 24.3 Å². The number of rotatable bonds is 12. The molecule has 0 amide bonds. The van der Waals surface area contributed by atoms with Crippen LogP contribution in [0.4, 0.5) is 0 Å².